The summed E-state index contributed by atoms with van der Waals surface area (Å²) < 4.78 is 36.7. The molecule has 1 aliphatic carbocycles. The Balaban J connectivity index is 2.14. The SMILES string of the molecule is O=C(Cl)OC[C@H]1c2ccccc2-c2ccc(S(=O)(=O)O)cc21. The Kier molecular flexibility index (Phi) is 3.68. The molecule has 0 amide bonds. The summed E-state index contributed by atoms with van der Waals surface area (Å²) in [5.41, 5.74) is 2.46. The predicted octanol–water partition coefficient (Wildman–Crippen LogP) is 3.42. The van der Waals surface area contributed by atoms with Gasteiger partial charge in [0.05, 0.1) is 4.90 Å². The molecule has 2 aromatic rings. The van der Waals surface area contributed by atoms with Gasteiger partial charge in [-0.05, 0) is 34.4 Å². The van der Waals surface area contributed by atoms with Gasteiger partial charge in [0.1, 0.15) is 6.61 Å². The second-order valence-electron chi connectivity index (χ2n) is 4.91. The second kappa shape index (κ2) is 5.39. The lowest BCUT2D eigenvalue weighted by atomic mass is 9.98. The van der Waals surface area contributed by atoms with Gasteiger partial charge in [0.25, 0.3) is 10.1 Å². The highest BCUT2D eigenvalue weighted by Crippen LogP contribution is 2.45. The van der Waals surface area contributed by atoms with E-state index in [1.54, 1.807) is 6.07 Å². The largest absolute Gasteiger partial charge is 0.453 e. The van der Waals surface area contributed by atoms with Gasteiger partial charge in [-0.3, -0.25) is 4.55 Å². The molecule has 0 aromatic heterocycles. The summed E-state index contributed by atoms with van der Waals surface area (Å²) >= 11 is 5.22. The van der Waals surface area contributed by atoms with E-state index in [4.69, 9.17) is 16.3 Å². The van der Waals surface area contributed by atoms with E-state index in [0.717, 1.165) is 16.7 Å². The number of hydrogen-bond donors (Lipinski definition) is 1. The lowest BCUT2D eigenvalue weighted by molar-refractivity contribution is 0.170. The molecular weight excluding hydrogens is 328 g/mol. The van der Waals surface area contributed by atoms with Crippen molar-refractivity contribution in [3.8, 4) is 11.1 Å². The maximum absolute atomic E-state index is 11.3. The fourth-order valence-corrected chi connectivity index (χ4v) is 3.36. The van der Waals surface area contributed by atoms with Crippen LogP contribution in [-0.2, 0) is 14.9 Å². The van der Waals surface area contributed by atoms with Crippen molar-refractivity contribution in [2.75, 3.05) is 6.61 Å². The van der Waals surface area contributed by atoms with Gasteiger partial charge in [0.15, 0.2) is 0 Å². The Morgan fingerprint density at radius 3 is 2.50 bits per heavy atom. The topological polar surface area (TPSA) is 80.7 Å². The third kappa shape index (κ3) is 2.61. The minimum Gasteiger partial charge on any atom is -0.453 e. The summed E-state index contributed by atoms with van der Waals surface area (Å²) in [5.74, 6) is -0.324. The Morgan fingerprint density at radius 1 is 1.14 bits per heavy atom. The van der Waals surface area contributed by atoms with E-state index in [-0.39, 0.29) is 17.4 Å². The monoisotopic (exact) mass is 338 g/mol. The standard InChI is InChI=1S/C15H11ClO5S/c16-15(17)21-8-14-11-4-2-1-3-10(11)12-6-5-9(7-13(12)14)22(18,19)20/h1-7,14H,8H2,(H,18,19,20)/t14-/m0/s1. The summed E-state index contributed by atoms with van der Waals surface area (Å²) in [6.45, 7) is 0.00127. The number of halogens is 1. The molecule has 0 heterocycles. The van der Waals surface area contributed by atoms with Crippen LogP contribution in [0, 0.1) is 0 Å². The fourth-order valence-electron chi connectivity index (χ4n) is 2.78. The number of carbonyl (C=O) groups excluding carboxylic acids is 1. The zero-order chi connectivity index (χ0) is 15.9. The van der Waals surface area contributed by atoms with Gasteiger partial charge in [-0.2, -0.15) is 8.42 Å². The van der Waals surface area contributed by atoms with Crippen LogP contribution in [0.25, 0.3) is 11.1 Å². The minimum atomic E-state index is -4.30. The number of carbonyl (C=O) groups is 1. The Labute approximate surface area is 132 Å². The number of hydrogen-bond acceptors (Lipinski definition) is 4. The molecule has 7 heteroatoms. The first-order chi connectivity index (χ1) is 10.4. The van der Waals surface area contributed by atoms with E-state index in [1.807, 2.05) is 24.3 Å². The molecule has 0 aliphatic heterocycles. The van der Waals surface area contributed by atoms with E-state index in [0.29, 0.717) is 5.56 Å². The van der Waals surface area contributed by atoms with Crippen molar-refractivity contribution in [3.05, 3.63) is 53.6 Å². The van der Waals surface area contributed by atoms with Crippen molar-refractivity contribution >= 4 is 27.1 Å². The molecule has 0 unspecified atom stereocenters. The van der Waals surface area contributed by atoms with Crippen LogP contribution in [0.3, 0.4) is 0 Å². The summed E-state index contributed by atoms with van der Waals surface area (Å²) in [7, 11) is -4.30. The third-order valence-corrected chi connectivity index (χ3v) is 4.64. The zero-order valence-corrected chi connectivity index (χ0v) is 12.8. The van der Waals surface area contributed by atoms with Crippen LogP contribution in [0.5, 0.6) is 0 Å². The van der Waals surface area contributed by atoms with Crippen LogP contribution < -0.4 is 0 Å². The van der Waals surface area contributed by atoms with Crippen molar-refractivity contribution < 1.29 is 22.5 Å². The van der Waals surface area contributed by atoms with Gasteiger partial charge in [0, 0.05) is 17.5 Å². The summed E-state index contributed by atoms with van der Waals surface area (Å²) in [4.78, 5) is 10.7. The van der Waals surface area contributed by atoms with Gasteiger partial charge in [0.2, 0.25) is 0 Å². The normalized spacial score (nSPS) is 16.0. The zero-order valence-electron chi connectivity index (χ0n) is 11.2. The molecule has 1 atom stereocenters. The number of ether oxygens (including phenoxy) is 1. The summed E-state index contributed by atoms with van der Waals surface area (Å²) in [6, 6.07) is 11.9. The molecule has 1 aliphatic rings. The summed E-state index contributed by atoms with van der Waals surface area (Å²) in [5, 5.41) is 0. The third-order valence-electron chi connectivity index (χ3n) is 3.69. The Morgan fingerprint density at radius 2 is 1.82 bits per heavy atom. The molecule has 114 valence electrons. The molecule has 3 rings (SSSR count). The molecule has 0 spiro atoms. The molecule has 2 aromatic carbocycles. The predicted molar refractivity (Wildman–Crippen MR) is 80.7 cm³/mol. The molecule has 0 saturated heterocycles. The Hall–Kier alpha value is -1.89. The van der Waals surface area contributed by atoms with Crippen molar-refractivity contribution in [2.45, 2.75) is 10.8 Å². The van der Waals surface area contributed by atoms with Gasteiger partial charge in [-0.25, -0.2) is 4.79 Å². The molecule has 0 radical (unpaired) electrons. The van der Waals surface area contributed by atoms with Crippen molar-refractivity contribution in [1.82, 2.24) is 0 Å². The smallest absolute Gasteiger partial charge is 0.403 e. The lowest BCUT2D eigenvalue weighted by Gasteiger charge is -2.13. The van der Waals surface area contributed by atoms with E-state index in [9.17, 15) is 17.8 Å². The van der Waals surface area contributed by atoms with Crippen LogP contribution in [0.1, 0.15) is 17.0 Å². The molecule has 0 saturated carbocycles. The van der Waals surface area contributed by atoms with Gasteiger partial charge >= 0.3 is 5.43 Å². The summed E-state index contributed by atoms with van der Waals surface area (Å²) in [6.07, 6.45) is 0. The highest BCUT2D eigenvalue weighted by molar-refractivity contribution is 7.85. The maximum Gasteiger partial charge on any atom is 0.403 e. The van der Waals surface area contributed by atoms with E-state index in [1.165, 1.54) is 12.1 Å². The highest BCUT2D eigenvalue weighted by atomic mass is 35.5. The van der Waals surface area contributed by atoms with Crippen LogP contribution >= 0.6 is 11.6 Å². The van der Waals surface area contributed by atoms with Gasteiger partial charge in [-0.1, -0.05) is 30.3 Å². The van der Waals surface area contributed by atoms with Crippen molar-refractivity contribution in [1.29, 1.82) is 0 Å². The van der Waals surface area contributed by atoms with Crippen molar-refractivity contribution in [3.63, 3.8) is 0 Å². The minimum absolute atomic E-state index is 0.00127. The molecule has 0 fully saturated rings. The van der Waals surface area contributed by atoms with Gasteiger partial charge < -0.3 is 4.74 Å². The lowest BCUT2D eigenvalue weighted by Crippen LogP contribution is -2.09. The molecular formula is C15H11ClO5S. The average Bonchev–Trinajstić information content (AvgIpc) is 2.77. The van der Waals surface area contributed by atoms with E-state index < -0.39 is 15.5 Å². The second-order valence-corrected chi connectivity index (χ2v) is 6.64. The first kappa shape index (κ1) is 15.0. The average molecular weight is 339 g/mol. The molecule has 1 N–H and O–H groups in total. The van der Waals surface area contributed by atoms with Crippen LogP contribution in [-0.4, -0.2) is 25.0 Å². The van der Waals surface area contributed by atoms with Crippen molar-refractivity contribution in [2.24, 2.45) is 0 Å². The molecule has 5 nitrogen and oxygen atoms in total. The maximum atomic E-state index is 11.3. The number of rotatable bonds is 3. The first-order valence-electron chi connectivity index (χ1n) is 6.41. The van der Waals surface area contributed by atoms with Crippen LogP contribution in [0.4, 0.5) is 4.79 Å². The van der Waals surface area contributed by atoms with Crippen LogP contribution in [0.2, 0.25) is 0 Å². The molecule has 22 heavy (non-hydrogen) atoms. The van der Waals surface area contributed by atoms with E-state index in [2.05, 4.69) is 0 Å². The quantitative estimate of drug-likeness (QED) is 0.685. The van der Waals surface area contributed by atoms with Crippen LogP contribution in [0.15, 0.2) is 47.4 Å². The number of fused-ring (bicyclic) bond motifs is 3. The van der Waals surface area contributed by atoms with E-state index >= 15 is 0 Å². The fraction of sp³-hybridized carbons (Fsp3) is 0.133. The van der Waals surface area contributed by atoms with Gasteiger partial charge in [-0.15, -0.1) is 0 Å². The first-order valence-corrected chi connectivity index (χ1v) is 8.22. The number of benzene rings is 2. The molecule has 0 bridgehead atoms. The highest BCUT2D eigenvalue weighted by Gasteiger charge is 2.30. The Bertz CT molecular complexity index is 860.